The van der Waals surface area contributed by atoms with Crippen molar-refractivity contribution in [3.8, 4) is 0 Å². The third-order valence-electron chi connectivity index (χ3n) is 2.50. The van der Waals surface area contributed by atoms with E-state index >= 15 is 0 Å². The lowest BCUT2D eigenvalue weighted by Crippen LogP contribution is -2.36. The summed E-state index contributed by atoms with van der Waals surface area (Å²) in [6.07, 6.45) is 0. The first-order valence-electron chi connectivity index (χ1n) is 5.25. The van der Waals surface area contributed by atoms with Crippen LogP contribution in [0.1, 0.15) is 25.5 Å². The van der Waals surface area contributed by atoms with Crippen LogP contribution in [0, 0.1) is 11.6 Å². The molecular formula is C12H15F2NO2. The van der Waals surface area contributed by atoms with Gasteiger partial charge >= 0.3 is 5.97 Å². The summed E-state index contributed by atoms with van der Waals surface area (Å²) in [7, 11) is 1.27. The molecule has 2 unspecified atom stereocenters. The van der Waals surface area contributed by atoms with Gasteiger partial charge in [-0.1, -0.05) is 12.1 Å². The number of benzene rings is 1. The average molecular weight is 243 g/mol. The first-order valence-corrected chi connectivity index (χ1v) is 5.25. The van der Waals surface area contributed by atoms with Gasteiger partial charge in [-0.05, 0) is 19.9 Å². The Balaban J connectivity index is 2.80. The third kappa shape index (κ3) is 3.23. The lowest BCUT2D eigenvalue weighted by molar-refractivity contribution is -0.142. The van der Waals surface area contributed by atoms with Crippen LogP contribution in [0.2, 0.25) is 0 Å². The molecule has 94 valence electrons. The van der Waals surface area contributed by atoms with Crippen molar-refractivity contribution in [3.05, 3.63) is 35.4 Å². The Hall–Kier alpha value is -1.49. The van der Waals surface area contributed by atoms with Crippen LogP contribution in [0.25, 0.3) is 0 Å². The zero-order chi connectivity index (χ0) is 13.0. The maximum atomic E-state index is 13.5. The number of halogens is 2. The first-order chi connectivity index (χ1) is 7.97. The Kier molecular flexibility index (Phi) is 4.57. The molecule has 17 heavy (non-hydrogen) atoms. The summed E-state index contributed by atoms with van der Waals surface area (Å²) in [4.78, 5) is 11.2. The summed E-state index contributed by atoms with van der Waals surface area (Å²) in [5.41, 5.74) is 0.181. The molecule has 0 heterocycles. The van der Waals surface area contributed by atoms with Crippen molar-refractivity contribution < 1.29 is 18.3 Å². The topological polar surface area (TPSA) is 38.3 Å². The third-order valence-corrected chi connectivity index (χ3v) is 2.50. The van der Waals surface area contributed by atoms with Crippen molar-refractivity contribution in [2.75, 3.05) is 7.11 Å². The number of carbonyl (C=O) groups excluding carboxylic acids is 1. The van der Waals surface area contributed by atoms with Crippen LogP contribution in [0.4, 0.5) is 8.78 Å². The molecule has 1 rings (SSSR count). The number of rotatable bonds is 4. The van der Waals surface area contributed by atoms with Gasteiger partial charge in [0.25, 0.3) is 0 Å². The number of methoxy groups -OCH3 is 1. The minimum absolute atomic E-state index is 0.181. The maximum Gasteiger partial charge on any atom is 0.322 e. The zero-order valence-electron chi connectivity index (χ0n) is 9.96. The fraction of sp³-hybridized carbons (Fsp3) is 0.417. The molecule has 0 aliphatic heterocycles. The summed E-state index contributed by atoms with van der Waals surface area (Å²) in [5, 5.41) is 2.83. The van der Waals surface area contributed by atoms with E-state index < -0.39 is 29.7 Å². The molecular weight excluding hydrogens is 228 g/mol. The number of nitrogens with one attached hydrogen (secondary N) is 1. The van der Waals surface area contributed by atoms with Gasteiger partial charge in [-0.25, -0.2) is 8.78 Å². The number of esters is 1. The van der Waals surface area contributed by atoms with E-state index in [1.807, 2.05) is 0 Å². The first kappa shape index (κ1) is 13.6. The molecule has 0 aromatic heterocycles. The predicted molar refractivity (Wildman–Crippen MR) is 59.4 cm³/mol. The minimum atomic E-state index is -0.901. The van der Waals surface area contributed by atoms with Crippen LogP contribution < -0.4 is 5.32 Å². The number of carbonyl (C=O) groups is 1. The summed E-state index contributed by atoms with van der Waals surface area (Å²) in [5.74, 6) is -2.25. The molecule has 0 bridgehead atoms. The minimum Gasteiger partial charge on any atom is -0.468 e. The summed E-state index contributed by atoms with van der Waals surface area (Å²) < 4.78 is 31.0. The van der Waals surface area contributed by atoms with Crippen molar-refractivity contribution in [1.29, 1.82) is 0 Å². The average Bonchev–Trinajstić information content (AvgIpc) is 2.31. The van der Waals surface area contributed by atoms with E-state index in [1.54, 1.807) is 13.8 Å². The molecule has 0 aliphatic carbocycles. The molecule has 2 atom stereocenters. The fourth-order valence-electron chi connectivity index (χ4n) is 1.56. The van der Waals surface area contributed by atoms with Crippen molar-refractivity contribution in [2.45, 2.75) is 25.9 Å². The van der Waals surface area contributed by atoms with Crippen LogP contribution in [0.3, 0.4) is 0 Å². The molecule has 1 aromatic carbocycles. The van der Waals surface area contributed by atoms with Crippen LogP contribution in [-0.4, -0.2) is 19.1 Å². The quantitative estimate of drug-likeness (QED) is 0.824. The Bertz CT molecular complexity index is 409. The number of hydrogen-bond donors (Lipinski definition) is 1. The van der Waals surface area contributed by atoms with Gasteiger partial charge < -0.3 is 4.74 Å². The Morgan fingerprint density at radius 3 is 2.59 bits per heavy atom. The number of ether oxygens (including phenoxy) is 1. The highest BCUT2D eigenvalue weighted by Crippen LogP contribution is 2.19. The van der Waals surface area contributed by atoms with Gasteiger partial charge in [-0.2, -0.15) is 0 Å². The van der Waals surface area contributed by atoms with Crippen molar-refractivity contribution in [1.82, 2.24) is 5.32 Å². The van der Waals surface area contributed by atoms with Gasteiger partial charge in [0.1, 0.15) is 6.04 Å². The van der Waals surface area contributed by atoms with Gasteiger partial charge in [0.15, 0.2) is 11.6 Å². The second-order valence-electron chi connectivity index (χ2n) is 3.78. The van der Waals surface area contributed by atoms with E-state index in [1.165, 1.54) is 19.2 Å². The van der Waals surface area contributed by atoms with E-state index in [2.05, 4.69) is 10.1 Å². The van der Waals surface area contributed by atoms with Crippen LogP contribution in [-0.2, 0) is 9.53 Å². The molecule has 0 saturated heterocycles. The maximum absolute atomic E-state index is 13.5. The van der Waals surface area contributed by atoms with Gasteiger partial charge in [0, 0.05) is 11.6 Å². The van der Waals surface area contributed by atoms with E-state index in [4.69, 9.17) is 0 Å². The molecule has 0 aliphatic rings. The molecule has 0 saturated carbocycles. The fourth-order valence-corrected chi connectivity index (χ4v) is 1.56. The largest absolute Gasteiger partial charge is 0.468 e. The monoisotopic (exact) mass is 243 g/mol. The lowest BCUT2D eigenvalue weighted by Gasteiger charge is -2.19. The standard InChI is InChI=1S/C12H15F2NO2/c1-7(15-8(2)12(16)17-3)9-5-4-6-10(13)11(9)14/h4-8,15H,1-3H3. The Morgan fingerprint density at radius 2 is 2.00 bits per heavy atom. The molecule has 1 N–H and O–H groups in total. The Labute approximate surface area is 98.8 Å². The normalized spacial score (nSPS) is 14.2. The molecule has 0 radical (unpaired) electrons. The van der Waals surface area contributed by atoms with E-state index in [9.17, 15) is 13.6 Å². The molecule has 0 fully saturated rings. The number of hydrogen-bond acceptors (Lipinski definition) is 3. The van der Waals surface area contributed by atoms with E-state index in [0.29, 0.717) is 0 Å². The van der Waals surface area contributed by atoms with Gasteiger partial charge in [-0.3, -0.25) is 10.1 Å². The molecule has 3 nitrogen and oxygen atoms in total. The second kappa shape index (κ2) is 5.72. The molecule has 0 amide bonds. The summed E-state index contributed by atoms with van der Waals surface area (Å²) in [6.45, 7) is 3.25. The van der Waals surface area contributed by atoms with E-state index in [0.717, 1.165) is 6.07 Å². The smallest absolute Gasteiger partial charge is 0.322 e. The predicted octanol–water partition coefficient (Wildman–Crippen LogP) is 2.18. The van der Waals surface area contributed by atoms with Gasteiger partial charge in [0.2, 0.25) is 0 Å². The van der Waals surface area contributed by atoms with Crippen LogP contribution in [0.5, 0.6) is 0 Å². The van der Waals surface area contributed by atoms with Gasteiger partial charge in [0.05, 0.1) is 7.11 Å². The molecule has 0 spiro atoms. The SMILES string of the molecule is COC(=O)C(C)NC(C)c1cccc(F)c1F. The summed E-state index contributed by atoms with van der Waals surface area (Å²) in [6, 6.07) is 2.88. The highest BCUT2D eigenvalue weighted by Gasteiger charge is 2.19. The van der Waals surface area contributed by atoms with Crippen molar-refractivity contribution in [3.63, 3.8) is 0 Å². The van der Waals surface area contributed by atoms with E-state index in [-0.39, 0.29) is 5.56 Å². The highest BCUT2D eigenvalue weighted by atomic mass is 19.2. The second-order valence-corrected chi connectivity index (χ2v) is 3.78. The van der Waals surface area contributed by atoms with Gasteiger partial charge in [-0.15, -0.1) is 0 Å². The van der Waals surface area contributed by atoms with Crippen LogP contribution >= 0.6 is 0 Å². The van der Waals surface area contributed by atoms with Crippen molar-refractivity contribution >= 4 is 5.97 Å². The zero-order valence-corrected chi connectivity index (χ0v) is 9.96. The van der Waals surface area contributed by atoms with Crippen molar-refractivity contribution in [2.24, 2.45) is 0 Å². The van der Waals surface area contributed by atoms with Crippen LogP contribution in [0.15, 0.2) is 18.2 Å². The Morgan fingerprint density at radius 1 is 1.35 bits per heavy atom. The molecule has 5 heteroatoms. The highest BCUT2D eigenvalue weighted by molar-refractivity contribution is 5.75. The summed E-state index contributed by atoms with van der Waals surface area (Å²) >= 11 is 0. The molecule has 1 aromatic rings. The lowest BCUT2D eigenvalue weighted by atomic mass is 10.1.